The molecule has 0 aromatic heterocycles. The highest BCUT2D eigenvalue weighted by Crippen LogP contribution is 2.25. The van der Waals surface area contributed by atoms with Crippen molar-refractivity contribution >= 4 is 11.7 Å². The lowest BCUT2D eigenvalue weighted by molar-refractivity contribution is 0.00596. The van der Waals surface area contributed by atoms with Crippen molar-refractivity contribution in [3.05, 3.63) is 65.2 Å². The Morgan fingerprint density at radius 1 is 1.08 bits per heavy atom. The fourth-order valence-corrected chi connectivity index (χ4v) is 2.26. The number of hydrogen-bond acceptors (Lipinski definition) is 3. The highest BCUT2D eigenvalue weighted by molar-refractivity contribution is 5.90. The lowest BCUT2D eigenvalue weighted by Gasteiger charge is -2.20. The van der Waals surface area contributed by atoms with Gasteiger partial charge in [-0.1, -0.05) is 30.3 Å². The van der Waals surface area contributed by atoms with Gasteiger partial charge in [-0.2, -0.15) is 0 Å². The summed E-state index contributed by atoms with van der Waals surface area (Å²) in [7, 11) is 0. The molecule has 0 aliphatic carbocycles. The lowest BCUT2D eigenvalue weighted by Crippen LogP contribution is -2.25. The number of benzene rings is 2. The van der Waals surface area contributed by atoms with E-state index in [1.54, 1.807) is 20.8 Å². The van der Waals surface area contributed by atoms with Crippen LogP contribution in [0.5, 0.6) is 0 Å². The summed E-state index contributed by atoms with van der Waals surface area (Å²) in [5.41, 5.74) is -0.264. The molecule has 0 unspecified atom stereocenters. The van der Waals surface area contributed by atoms with Gasteiger partial charge < -0.3 is 10.1 Å². The number of ether oxygens (including phenoxy) is 1. The minimum absolute atomic E-state index is 0.141. The fraction of sp³-hybridized carbons (Fsp3) is 0.316. The molecule has 0 bridgehead atoms. The Morgan fingerprint density at radius 3 is 2.12 bits per heavy atom. The van der Waals surface area contributed by atoms with E-state index in [4.69, 9.17) is 4.74 Å². The molecule has 3 nitrogen and oxygen atoms in total. The van der Waals surface area contributed by atoms with Gasteiger partial charge >= 0.3 is 5.97 Å². The van der Waals surface area contributed by atoms with E-state index >= 15 is 0 Å². The van der Waals surface area contributed by atoms with Crippen molar-refractivity contribution in [2.75, 3.05) is 5.32 Å². The molecular formula is C19H21F2NO2. The smallest absolute Gasteiger partial charge is 0.344 e. The first-order valence-electron chi connectivity index (χ1n) is 7.71. The first-order valence-corrected chi connectivity index (χ1v) is 7.71. The van der Waals surface area contributed by atoms with Crippen LogP contribution >= 0.6 is 0 Å². The zero-order valence-electron chi connectivity index (χ0n) is 14.2. The molecule has 2 rings (SSSR count). The molecule has 0 aliphatic rings. The second kappa shape index (κ2) is 6.99. The molecule has 1 N–H and O–H groups in total. The van der Waals surface area contributed by atoms with Gasteiger partial charge in [0.25, 0.3) is 0 Å². The Bertz CT molecular complexity index is 701. The number of halogens is 2. The quantitative estimate of drug-likeness (QED) is 0.792. The molecular weight excluding hydrogens is 312 g/mol. The average molecular weight is 333 g/mol. The number of anilines is 1. The Labute approximate surface area is 140 Å². The molecule has 5 heteroatoms. The van der Waals surface area contributed by atoms with Crippen LogP contribution in [0.2, 0.25) is 0 Å². The number of carbonyl (C=O) groups is 1. The molecule has 0 fully saturated rings. The Kier molecular flexibility index (Phi) is 5.22. The lowest BCUT2D eigenvalue weighted by atomic mass is 10.1. The van der Waals surface area contributed by atoms with Crippen molar-refractivity contribution in [1.29, 1.82) is 0 Å². The molecule has 24 heavy (non-hydrogen) atoms. The first kappa shape index (κ1) is 17.9. The van der Waals surface area contributed by atoms with Crippen molar-refractivity contribution in [1.82, 2.24) is 0 Å². The zero-order valence-corrected chi connectivity index (χ0v) is 14.2. The topological polar surface area (TPSA) is 38.3 Å². The minimum atomic E-state index is -1.01. The van der Waals surface area contributed by atoms with Gasteiger partial charge in [-0.25, -0.2) is 13.6 Å². The van der Waals surface area contributed by atoms with Gasteiger partial charge in [0.15, 0.2) is 0 Å². The van der Waals surface area contributed by atoms with Crippen LogP contribution in [0.15, 0.2) is 42.5 Å². The van der Waals surface area contributed by atoms with E-state index < -0.39 is 28.8 Å². The minimum Gasteiger partial charge on any atom is -0.456 e. The van der Waals surface area contributed by atoms with Crippen molar-refractivity contribution in [2.24, 2.45) is 0 Å². The van der Waals surface area contributed by atoms with E-state index in [0.29, 0.717) is 0 Å². The van der Waals surface area contributed by atoms with E-state index in [1.807, 2.05) is 37.3 Å². The zero-order chi connectivity index (χ0) is 17.9. The summed E-state index contributed by atoms with van der Waals surface area (Å²) in [6, 6.07) is 11.6. The molecule has 0 radical (unpaired) electrons. The Hall–Kier alpha value is -2.43. The molecule has 2 aromatic rings. The van der Waals surface area contributed by atoms with Crippen LogP contribution in [-0.4, -0.2) is 11.6 Å². The highest BCUT2D eigenvalue weighted by atomic mass is 19.1. The average Bonchev–Trinajstić information content (AvgIpc) is 2.45. The van der Waals surface area contributed by atoms with Crippen molar-refractivity contribution in [3.63, 3.8) is 0 Å². The molecule has 128 valence electrons. The molecule has 0 saturated heterocycles. The van der Waals surface area contributed by atoms with E-state index in [2.05, 4.69) is 5.32 Å². The number of nitrogens with one attached hydrogen (secondary N) is 1. The van der Waals surface area contributed by atoms with Crippen LogP contribution < -0.4 is 5.32 Å². The summed E-state index contributed by atoms with van der Waals surface area (Å²) in [6.45, 7) is 6.79. The largest absolute Gasteiger partial charge is 0.456 e. The predicted octanol–water partition coefficient (Wildman–Crippen LogP) is 5.09. The van der Waals surface area contributed by atoms with Gasteiger partial charge in [-0.3, -0.25) is 0 Å². The molecule has 2 aromatic carbocycles. The highest BCUT2D eigenvalue weighted by Gasteiger charge is 2.25. The maximum atomic E-state index is 14.2. The van der Waals surface area contributed by atoms with Crippen LogP contribution in [-0.2, 0) is 4.74 Å². The molecule has 0 aliphatic heterocycles. The second-order valence-electron chi connectivity index (χ2n) is 6.59. The number of esters is 1. The Morgan fingerprint density at radius 2 is 1.62 bits per heavy atom. The summed E-state index contributed by atoms with van der Waals surface area (Å²) in [5.74, 6) is -2.92. The van der Waals surface area contributed by atoms with E-state index in [9.17, 15) is 13.6 Å². The predicted molar refractivity (Wildman–Crippen MR) is 90.0 cm³/mol. The van der Waals surface area contributed by atoms with Gasteiger partial charge in [0.05, 0.1) is 0 Å². The van der Waals surface area contributed by atoms with Crippen LogP contribution in [0.1, 0.15) is 49.7 Å². The molecule has 0 amide bonds. The normalized spacial score (nSPS) is 12.6. The fourth-order valence-electron chi connectivity index (χ4n) is 2.26. The summed E-state index contributed by atoms with van der Waals surface area (Å²) >= 11 is 0. The van der Waals surface area contributed by atoms with E-state index in [0.717, 1.165) is 17.7 Å². The monoisotopic (exact) mass is 333 g/mol. The van der Waals surface area contributed by atoms with Gasteiger partial charge in [0, 0.05) is 11.7 Å². The van der Waals surface area contributed by atoms with Gasteiger partial charge in [0.2, 0.25) is 0 Å². The SMILES string of the molecule is C[C@H](Nc1cc(F)c(C(=O)OC(C)(C)C)c(F)c1)c1ccccc1. The molecule has 0 spiro atoms. The molecule has 0 saturated carbocycles. The maximum Gasteiger partial charge on any atom is 0.344 e. The third-order valence-electron chi connectivity index (χ3n) is 3.33. The molecule has 1 atom stereocenters. The summed E-state index contributed by atoms with van der Waals surface area (Å²) < 4.78 is 33.5. The van der Waals surface area contributed by atoms with Crippen molar-refractivity contribution in [3.8, 4) is 0 Å². The van der Waals surface area contributed by atoms with Crippen LogP contribution in [0.4, 0.5) is 14.5 Å². The van der Waals surface area contributed by atoms with Gasteiger partial charge in [-0.15, -0.1) is 0 Å². The summed E-state index contributed by atoms with van der Waals surface area (Å²) in [6.07, 6.45) is 0. The van der Waals surface area contributed by atoms with E-state index in [-0.39, 0.29) is 11.7 Å². The van der Waals surface area contributed by atoms with Crippen molar-refractivity contribution in [2.45, 2.75) is 39.3 Å². The standard InChI is InChI=1S/C19H21F2NO2/c1-12(13-8-6-5-7-9-13)22-14-10-15(20)17(16(21)11-14)18(23)24-19(2,3)4/h5-12,22H,1-4H3/t12-/m0/s1. The van der Waals surface area contributed by atoms with Crippen LogP contribution in [0.25, 0.3) is 0 Å². The summed E-state index contributed by atoms with van der Waals surface area (Å²) in [5, 5.41) is 3.02. The van der Waals surface area contributed by atoms with Crippen molar-refractivity contribution < 1.29 is 18.3 Å². The third kappa shape index (κ3) is 4.54. The summed E-state index contributed by atoms with van der Waals surface area (Å²) in [4.78, 5) is 11.9. The number of rotatable bonds is 4. The van der Waals surface area contributed by atoms with E-state index in [1.165, 1.54) is 0 Å². The second-order valence-corrected chi connectivity index (χ2v) is 6.59. The Balaban J connectivity index is 2.22. The molecule has 0 heterocycles. The van der Waals surface area contributed by atoms with Gasteiger partial charge in [0.1, 0.15) is 22.8 Å². The number of hydrogen-bond donors (Lipinski definition) is 1. The van der Waals surface area contributed by atoms with Crippen LogP contribution in [0, 0.1) is 11.6 Å². The first-order chi connectivity index (χ1) is 11.2. The number of carbonyl (C=O) groups excluding carboxylic acids is 1. The van der Waals surface area contributed by atoms with Crippen LogP contribution in [0.3, 0.4) is 0 Å². The maximum absolute atomic E-state index is 14.2. The third-order valence-corrected chi connectivity index (χ3v) is 3.33. The van der Waals surface area contributed by atoms with Gasteiger partial charge in [-0.05, 0) is 45.4 Å².